The first-order valence-electron chi connectivity index (χ1n) is 8.05. The van der Waals surface area contributed by atoms with Gasteiger partial charge in [-0.3, -0.25) is 14.3 Å². The monoisotopic (exact) mass is 347 g/mol. The number of aromatic nitrogens is 2. The molecule has 2 N–H and O–H groups in total. The Labute approximate surface area is 145 Å². The number of hydrogen-bond acceptors (Lipinski definition) is 3. The third kappa shape index (κ3) is 4.89. The lowest BCUT2D eigenvalue weighted by atomic mass is 9.99. The largest absolute Gasteiger partial charge is 0.481 e. The molecule has 1 heterocycles. The smallest absolute Gasteiger partial charge is 0.312 e. The van der Waals surface area contributed by atoms with Gasteiger partial charge in [-0.15, -0.1) is 0 Å². The minimum Gasteiger partial charge on any atom is -0.481 e. The number of hydrogen-bond donors (Lipinski definition) is 2. The zero-order chi connectivity index (χ0) is 18.6. The highest BCUT2D eigenvalue weighted by atomic mass is 19.1. The topological polar surface area (TPSA) is 84.2 Å². The summed E-state index contributed by atoms with van der Waals surface area (Å²) in [4.78, 5) is 23.6. The van der Waals surface area contributed by atoms with Crippen LogP contribution in [0.5, 0.6) is 0 Å². The van der Waals surface area contributed by atoms with Gasteiger partial charge in [-0.25, -0.2) is 4.39 Å². The Hall–Kier alpha value is -2.70. The normalized spacial score (nSPS) is 13.3. The van der Waals surface area contributed by atoms with Crippen LogP contribution in [0.4, 0.5) is 4.39 Å². The molecular weight excluding hydrogens is 325 g/mol. The van der Waals surface area contributed by atoms with E-state index >= 15 is 0 Å². The van der Waals surface area contributed by atoms with E-state index in [1.807, 2.05) is 26.8 Å². The molecular formula is C18H22FN3O3. The maximum absolute atomic E-state index is 13.0. The predicted octanol–water partition coefficient (Wildman–Crippen LogP) is 2.57. The first-order chi connectivity index (χ1) is 11.8. The molecule has 2 atom stereocenters. The predicted molar refractivity (Wildman–Crippen MR) is 90.8 cm³/mol. The number of benzene rings is 1. The molecule has 0 saturated carbocycles. The molecule has 2 aromatic rings. The van der Waals surface area contributed by atoms with Crippen molar-refractivity contribution in [3.63, 3.8) is 0 Å². The Morgan fingerprint density at radius 2 is 1.92 bits per heavy atom. The minimum absolute atomic E-state index is 0.0519. The second-order valence-corrected chi connectivity index (χ2v) is 6.17. The fraction of sp³-hybridized carbons (Fsp3) is 0.389. The molecule has 6 nitrogen and oxygen atoms in total. The van der Waals surface area contributed by atoms with Crippen molar-refractivity contribution >= 4 is 11.9 Å². The molecule has 0 fully saturated rings. The van der Waals surface area contributed by atoms with Gasteiger partial charge in [-0.05, 0) is 44.5 Å². The number of rotatable bonds is 7. The van der Waals surface area contributed by atoms with Gasteiger partial charge in [0, 0.05) is 18.7 Å². The van der Waals surface area contributed by atoms with Crippen molar-refractivity contribution < 1.29 is 19.1 Å². The lowest BCUT2D eigenvalue weighted by Gasteiger charge is -2.17. The van der Waals surface area contributed by atoms with E-state index in [1.54, 1.807) is 4.68 Å². The van der Waals surface area contributed by atoms with Crippen LogP contribution in [0.2, 0.25) is 0 Å². The third-order valence-corrected chi connectivity index (χ3v) is 4.02. The van der Waals surface area contributed by atoms with E-state index < -0.39 is 17.7 Å². The second-order valence-electron chi connectivity index (χ2n) is 6.17. The van der Waals surface area contributed by atoms with Gasteiger partial charge in [-0.1, -0.05) is 12.1 Å². The van der Waals surface area contributed by atoms with Gasteiger partial charge >= 0.3 is 5.97 Å². The summed E-state index contributed by atoms with van der Waals surface area (Å²) in [6, 6.07) is 7.04. The SMILES string of the molecule is Cc1cc(C)n(C(C)CC(=O)NCC(C(=O)O)c2ccc(F)cc2)n1. The van der Waals surface area contributed by atoms with Crippen LogP contribution < -0.4 is 5.32 Å². The van der Waals surface area contributed by atoms with Crippen LogP contribution in [-0.4, -0.2) is 33.3 Å². The zero-order valence-corrected chi connectivity index (χ0v) is 14.5. The van der Waals surface area contributed by atoms with Crippen molar-refractivity contribution in [1.82, 2.24) is 15.1 Å². The number of carbonyl (C=O) groups excluding carboxylic acids is 1. The van der Waals surface area contributed by atoms with Crippen LogP contribution in [0.3, 0.4) is 0 Å². The second kappa shape index (κ2) is 7.92. The van der Waals surface area contributed by atoms with E-state index in [0.717, 1.165) is 11.4 Å². The third-order valence-electron chi connectivity index (χ3n) is 4.02. The minimum atomic E-state index is -1.07. The number of amides is 1. The number of aryl methyl sites for hydroxylation is 2. The van der Waals surface area contributed by atoms with Crippen LogP contribution >= 0.6 is 0 Å². The Morgan fingerprint density at radius 1 is 1.28 bits per heavy atom. The van der Waals surface area contributed by atoms with Crippen molar-refractivity contribution in [3.05, 3.63) is 53.1 Å². The number of carboxylic acids is 1. The van der Waals surface area contributed by atoms with E-state index in [-0.39, 0.29) is 24.9 Å². The van der Waals surface area contributed by atoms with E-state index in [1.165, 1.54) is 24.3 Å². The van der Waals surface area contributed by atoms with Crippen LogP contribution in [-0.2, 0) is 9.59 Å². The van der Waals surface area contributed by atoms with Gasteiger partial charge in [0.05, 0.1) is 17.7 Å². The van der Waals surface area contributed by atoms with E-state index in [9.17, 15) is 19.1 Å². The van der Waals surface area contributed by atoms with Gasteiger partial charge in [-0.2, -0.15) is 5.10 Å². The molecule has 1 aromatic heterocycles. The fourth-order valence-corrected chi connectivity index (χ4v) is 2.78. The van der Waals surface area contributed by atoms with Gasteiger partial charge in [0.2, 0.25) is 5.91 Å². The highest BCUT2D eigenvalue weighted by Gasteiger charge is 2.21. The maximum Gasteiger partial charge on any atom is 0.312 e. The van der Waals surface area contributed by atoms with E-state index in [2.05, 4.69) is 10.4 Å². The van der Waals surface area contributed by atoms with Crippen molar-refractivity contribution in [2.75, 3.05) is 6.54 Å². The summed E-state index contributed by atoms with van der Waals surface area (Å²) in [6.45, 7) is 5.64. The van der Waals surface area contributed by atoms with Gasteiger partial charge in [0.1, 0.15) is 5.82 Å². The number of carbonyl (C=O) groups is 2. The van der Waals surface area contributed by atoms with Crippen LogP contribution in [0.1, 0.15) is 42.3 Å². The van der Waals surface area contributed by atoms with Crippen molar-refractivity contribution in [2.24, 2.45) is 0 Å². The number of nitrogens with zero attached hydrogens (tertiary/aromatic N) is 2. The Kier molecular flexibility index (Phi) is 5.90. The molecule has 134 valence electrons. The number of halogens is 1. The molecule has 0 aliphatic rings. The molecule has 0 radical (unpaired) electrons. The van der Waals surface area contributed by atoms with Gasteiger partial charge in [0.15, 0.2) is 0 Å². The summed E-state index contributed by atoms with van der Waals surface area (Å²) >= 11 is 0. The Balaban J connectivity index is 1.96. The van der Waals surface area contributed by atoms with E-state index in [0.29, 0.717) is 5.56 Å². The molecule has 0 aliphatic carbocycles. The number of nitrogens with one attached hydrogen (secondary N) is 1. The molecule has 2 unspecified atom stereocenters. The number of aliphatic carboxylic acids is 1. The first-order valence-corrected chi connectivity index (χ1v) is 8.05. The molecule has 0 aliphatic heterocycles. The highest BCUT2D eigenvalue weighted by Crippen LogP contribution is 2.17. The molecule has 25 heavy (non-hydrogen) atoms. The lowest BCUT2D eigenvalue weighted by molar-refractivity contribution is -0.138. The number of carboxylic acid groups (broad SMARTS) is 1. The summed E-state index contributed by atoms with van der Waals surface area (Å²) < 4.78 is 14.8. The summed E-state index contributed by atoms with van der Waals surface area (Å²) in [7, 11) is 0. The maximum atomic E-state index is 13.0. The molecule has 2 rings (SSSR count). The molecule has 7 heteroatoms. The first kappa shape index (κ1) is 18.6. The molecule has 0 saturated heterocycles. The quantitative estimate of drug-likeness (QED) is 0.806. The summed E-state index contributed by atoms with van der Waals surface area (Å²) in [6.07, 6.45) is 0.192. The van der Waals surface area contributed by atoms with Crippen LogP contribution in [0, 0.1) is 19.7 Å². The summed E-state index contributed by atoms with van der Waals surface area (Å²) in [5, 5.41) is 16.3. The van der Waals surface area contributed by atoms with Crippen molar-refractivity contribution in [2.45, 2.75) is 39.2 Å². The van der Waals surface area contributed by atoms with Crippen molar-refractivity contribution in [3.8, 4) is 0 Å². The molecule has 0 bridgehead atoms. The standard InChI is InChI=1S/C18H22FN3O3/c1-11-8-12(2)22(21-11)13(3)9-17(23)20-10-16(18(24)25)14-4-6-15(19)7-5-14/h4-8,13,16H,9-10H2,1-3H3,(H,20,23)(H,24,25). The Bertz CT molecular complexity index is 755. The van der Waals surface area contributed by atoms with Gasteiger partial charge < -0.3 is 10.4 Å². The fourth-order valence-electron chi connectivity index (χ4n) is 2.78. The van der Waals surface area contributed by atoms with E-state index in [4.69, 9.17) is 0 Å². The highest BCUT2D eigenvalue weighted by molar-refractivity contribution is 5.80. The van der Waals surface area contributed by atoms with Crippen molar-refractivity contribution in [1.29, 1.82) is 0 Å². The van der Waals surface area contributed by atoms with Crippen LogP contribution in [0.15, 0.2) is 30.3 Å². The Morgan fingerprint density at radius 3 is 2.44 bits per heavy atom. The zero-order valence-electron chi connectivity index (χ0n) is 14.5. The van der Waals surface area contributed by atoms with Gasteiger partial charge in [0.25, 0.3) is 0 Å². The molecule has 1 amide bonds. The molecule has 0 spiro atoms. The average Bonchev–Trinajstić information content (AvgIpc) is 2.87. The average molecular weight is 347 g/mol. The van der Waals surface area contributed by atoms with Crippen LogP contribution in [0.25, 0.3) is 0 Å². The molecule has 1 aromatic carbocycles. The summed E-state index contributed by atoms with van der Waals surface area (Å²) in [5.41, 5.74) is 2.29. The lowest BCUT2D eigenvalue weighted by Crippen LogP contribution is -2.33. The summed E-state index contributed by atoms with van der Waals surface area (Å²) in [5.74, 6) is -2.68.